The molecule has 4 rings (SSSR count). The van der Waals surface area contributed by atoms with Crippen molar-refractivity contribution in [3.63, 3.8) is 0 Å². The number of piperazine rings is 1. The number of carbonyl (C=O) groups excluding carboxylic acids is 1. The molecule has 2 saturated heterocycles. The summed E-state index contributed by atoms with van der Waals surface area (Å²) in [4.78, 5) is 28.0. The van der Waals surface area contributed by atoms with E-state index in [4.69, 9.17) is 4.74 Å². The fourth-order valence-electron chi connectivity index (χ4n) is 3.60. The molecule has 1 aromatic heterocycles. The maximum atomic E-state index is 13.1. The first-order valence-corrected chi connectivity index (χ1v) is 9.58. The van der Waals surface area contributed by atoms with Gasteiger partial charge in [0.1, 0.15) is 23.2 Å². The van der Waals surface area contributed by atoms with Crippen molar-refractivity contribution in [1.29, 1.82) is 0 Å². The number of carbonyl (C=O) groups is 1. The van der Waals surface area contributed by atoms with E-state index in [2.05, 4.69) is 19.8 Å². The van der Waals surface area contributed by atoms with Gasteiger partial charge in [0.15, 0.2) is 0 Å². The monoisotopic (exact) mass is 385 g/mol. The van der Waals surface area contributed by atoms with Crippen LogP contribution in [0.4, 0.5) is 15.9 Å². The van der Waals surface area contributed by atoms with Gasteiger partial charge in [-0.05, 0) is 31.2 Å². The quantitative estimate of drug-likeness (QED) is 0.802. The molecular weight excluding hydrogens is 361 g/mol. The Bertz CT molecular complexity index is 831. The topological polar surface area (TPSA) is 61.8 Å². The lowest BCUT2D eigenvalue weighted by atomic mass is 10.2. The van der Waals surface area contributed by atoms with E-state index in [1.54, 1.807) is 18.2 Å². The molecule has 2 aliphatic rings. The minimum atomic E-state index is -0.243. The van der Waals surface area contributed by atoms with E-state index >= 15 is 0 Å². The summed E-state index contributed by atoms with van der Waals surface area (Å²) in [5.41, 5.74) is 1.41. The number of nitrogens with zero attached hydrogens (tertiary/aromatic N) is 5. The lowest BCUT2D eigenvalue weighted by Crippen LogP contribution is -2.49. The Morgan fingerprint density at radius 1 is 0.964 bits per heavy atom. The Labute approximate surface area is 163 Å². The van der Waals surface area contributed by atoms with E-state index in [-0.39, 0.29) is 11.7 Å². The van der Waals surface area contributed by atoms with Gasteiger partial charge in [-0.15, -0.1) is 0 Å². The van der Waals surface area contributed by atoms with Crippen molar-refractivity contribution in [3.05, 3.63) is 47.7 Å². The van der Waals surface area contributed by atoms with Crippen molar-refractivity contribution in [2.45, 2.75) is 6.92 Å². The van der Waals surface area contributed by atoms with E-state index in [1.165, 1.54) is 12.1 Å². The molecule has 2 aliphatic heterocycles. The SMILES string of the molecule is Cc1nc(C(=O)N2CCN(c3ccc(F)cc3)CC2)cc(N2CCOCC2)n1. The number of anilines is 2. The van der Waals surface area contributed by atoms with Crippen molar-refractivity contribution in [2.24, 2.45) is 0 Å². The average Bonchev–Trinajstić information content (AvgIpc) is 2.74. The van der Waals surface area contributed by atoms with E-state index < -0.39 is 0 Å². The molecule has 0 unspecified atom stereocenters. The molecule has 0 N–H and O–H groups in total. The average molecular weight is 385 g/mol. The molecule has 0 atom stereocenters. The molecule has 0 aliphatic carbocycles. The van der Waals surface area contributed by atoms with Crippen LogP contribution in [0.3, 0.4) is 0 Å². The van der Waals surface area contributed by atoms with E-state index in [0.29, 0.717) is 50.9 Å². The summed E-state index contributed by atoms with van der Waals surface area (Å²) in [5, 5.41) is 0. The summed E-state index contributed by atoms with van der Waals surface area (Å²) in [7, 11) is 0. The van der Waals surface area contributed by atoms with Gasteiger partial charge in [-0.1, -0.05) is 0 Å². The highest BCUT2D eigenvalue weighted by Gasteiger charge is 2.25. The minimum absolute atomic E-state index is 0.0706. The van der Waals surface area contributed by atoms with Crippen LogP contribution in [-0.4, -0.2) is 73.3 Å². The number of benzene rings is 1. The maximum absolute atomic E-state index is 13.1. The third kappa shape index (κ3) is 4.06. The summed E-state index contributed by atoms with van der Waals surface area (Å²) in [6.45, 7) is 7.29. The van der Waals surface area contributed by atoms with Gasteiger partial charge in [0.2, 0.25) is 0 Å². The minimum Gasteiger partial charge on any atom is -0.378 e. The molecule has 2 aromatic rings. The number of hydrogen-bond acceptors (Lipinski definition) is 6. The number of rotatable bonds is 3. The summed E-state index contributed by atoms with van der Waals surface area (Å²) in [6, 6.07) is 8.25. The zero-order valence-corrected chi connectivity index (χ0v) is 16.0. The van der Waals surface area contributed by atoms with Gasteiger partial charge >= 0.3 is 0 Å². The fourth-order valence-corrected chi connectivity index (χ4v) is 3.60. The van der Waals surface area contributed by atoms with Gasteiger partial charge in [0.05, 0.1) is 13.2 Å². The van der Waals surface area contributed by atoms with Crippen LogP contribution in [-0.2, 0) is 4.74 Å². The molecule has 0 spiro atoms. The van der Waals surface area contributed by atoms with Crippen LogP contribution in [0.25, 0.3) is 0 Å². The van der Waals surface area contributed by atoms with Crippen molar-refractivity contribution in [1.82, 2.24) is 14.9 Å². The van der Waals surface area contributed by atoms with Gasteiger partial charge in [-0.25, -0.2) is 14.4 Å². The Morgan fingerprint density at radius 3 is 2.32 bits per heavy atom. The van der Waals surface area contributed by atoms with Crippen molar-refractivity contribution in [2.75, 3.05) is 62.3 Å². The van der Waals surface area contributed by atoms with Crippen molar-refractivity contribution in [3.8, 4) is 0 Å². The number of hydrogen-bond donors (Lipinski definition) is 0. The highest BCUT2D eigenvalue weighted by Crippen LogP contribution is 2.19. The molecule has 1 amide bonds. The normalized spacial score (nSPS) is 17.7. The fraction of sp³-hybridized carbons (Fsp3) is 0.450. The molecule has 1 aromatic carbocycles. The second kappa shape index (κ2) is 8.10. The number of ether oxygens (including phenoxy) is 1. The molecule has 3 heterocycles. The summed E-state index contributed by atoms with van der Waals surface area (Å²) in [5.74, 6) is 1.06. The predicted octanol–water partition coefficient (Wildman–Crippen LogP) is 1.72. The second-order valence-corrected chi connectivity index (χ2v) is 7.01. The smallest absolute Gasteiger partial charge is 0.272 e. The third-order valence-electron chi connectivity index (χ3n) is 5.14. The Morgan fingerprint density at radius 2 is 1.64 bits per heavy atom. The lowest BCUT2D eigenvalue weighted by Gasteiger charge is -2.36. The number of halogens is 1. The number of amides is 1. The Kier molecular flexibility index (Phi) is 5.38. The Balaban J connectivity index is 1.43. The van der Waals surface area contributed by atoms with Gasteiger partial charge in [0, 0.05) is 51.0 Å². The molecule has 0 bridgehead atoms. The number of aromatic nitrogens is 2. The summed E-state index contributed by atoms with van der Waals surface area (Å²) in [6.07, 6.45) is 0. The highest BCUT2D eigenvalue weighted by molar-refractivity contribution is 5.93. The number of aryl methyl sites for hydroxylation is 1. The molecular formula is C20H24FN5O2. The van der Waals surface area contributed by atoms with Crippen LogP contribution in [0.1, 0.15) is 16.3 Å². The zero-order chi connectivity index (χ0) is 19.5. The van der Waals surface area contributed by atoms with Crippen LogP contribution in [0.5, 0.6) is 0 Å². The molecule has 28 heavy (non-hydrogen) atoms. The van der Waals surface area contributed by atoms with Gasteiger partial charge in [-0.3, -0.25) is 4.79 Å². The standard InChI is InChI=1S/C20H24FN5O2/c1-15-22-18(14-19(23-15)25-10-12-28-13-11-25)20(27)26-8-6-24(7-9-26)17-4-2-16(21)3-5-17/h2-5,14H,6-13H2,1H3. The second-order valence-electron chi connectivity index (χ2n) is 7.01. The van der Waals surface area contributed by atoms with Crippen LogP contribution in [0, 0.1) is 12.7 Å². The molecule has 8 heteroatoms. The molecule has 0 radical (unpaired) electrons. The van der Waals surface area contributed by atoms with E-state index in [0.717, 1.165) is 24.6 Å². The lowest BCUT2D eigenvalue weighted by molar-refractivity contribution is 0.0740. The first-order chi connectivity index (χ1) is 13.6. The van der Waals surface area contributed by atoms with Crippen molar-refractivity contribution >= 4 is 17.4 Å². The van der Waals surface area contributed by atoms with Crippen LogP contribution in [0.2, 0.25) is 0 Å². The van der Waals surface area contributed by atoms with Crippen LogP contribution >= 0.6 is 0 Å². The predicted molar refractivity (Wildman–Crippen MR) is 104 cm³/mol. The third-order valence-corrected chi connectivity index (χ3v) is 5.14. The van der Waals surface area contributed by atoms with Crippen LogP contribution in [0.15, 0.2) is 30.3 Å². The maximum Gasteiger partial charge on any atom is 0.272 e. The van der Waals surface area contributed by atoms with Gasteiger partial charge in [0.25, 0.3) is 5.91 Å². The zero-order valence-electron chi connectivity index (χ0n) is 16.0. The first kappa shape index (κ1) is 18.6. The summed E-state index contributed by atoms with van der Waals surface area (Å²) >= 11 is 0. The summed E-state index contributed by atoms with van der Waals surface area (Å²) < 4.78 is 18.5. The largest absolute Gasteiger partial charge is 0.378 e. The Hall–Kier alpha value is -2.74. The van der Waals surface area contributed by atoms with E-state index in [1.807, 2.05) is 11.8 Å². The van der Waals surface area contributed by atoms with E-state index in [9.17, 15) is 9.18 Å². The molecule has 0 saturated carbocycles. The molecule has 148 valence electrons. The number of morpholine rings is 1. The van der Waals surface area contributed by atoms with Gasteiger partial charge < -0.3 is 19.4 Å². The van der Waals surface area contributed by atoms with Crippen molar-refractivity contribution < 1.29 is 13.9 Å². The van der Waals surface area contributed by atoms with Gasteiger partial charge in [-0.2, -0.15) is 0 Å². The molecule has 7 nitrogen and oxygen atoms in total. The molecule has 2 fully saturated rings. The van der Waals surface area contributed by atoms with Crippen LogP contribution < -0.4 is 9.80 Å². The highest BCUT2D eigenvalue weighted by atomic mass is 19.1. The first-order valence-electron chi connectivity index (χ1n) is 9.58.